The molecule has 0 fully saturated rings. The molecule has 20 heavy (non-hydrogen) atoms. The van der Waals surface area contributed by atoms with Gasteiger partial charge in [0.1, 0.15) is 0 Å². The fraction of sp³-hybridized carbons (Fsp3) is 0.125. The van der Waals surface area contributed by atoms with Gasteiger partial charge in [0.2, 0.25) is 0 Å². The molecule has 4 heteroatoms. The van der Waals surface area contributed by atoms with Gasteiger partial charge in [-0.3, -0.25) is 4.79 Å². The molecule has 0 saturated heterocycles. The van der Waals surface area contributed by atoms with Crippen molar-refractivity contribution in [1.82, 2.24) is 0 Å². The quantitative estimate of drug-likeness (QED) is 0.810. The molecule has 0 heterocycles. The molecule has 0 atom stereocenters. The van der Waals surface area contributed by atoms with Crippen molar-refractivity contribution < 1.29 is 14.7 Å². The van der Waals surface area contributed by atoms with Gasteiger partial charge in [0, 0.05) is 24.2 Å². The van der Waals surface area contributed by atoms with Crippen LogP contribution in [0.1, 0.15) is 27.1 Å². The summed E-state index contributed by atoms with van der Waals surface area (Å²) in [6.45, 7) is 0.498. The second-order valence-electron chi connectivity index (χ2n) is 4.33. The number of rotatable bonds is 6. The topological polar surface area (TPSA) is 69.2 Å². The number of aromatic carboxylic acids is 1. The van der Waals surface area contributed by atoms with Crippen molar-refractivity contribution >= 4 is 17.4 Å². The molecule has 0 amide bonds. The Morgan fingerprint density at radius 2 is 1.55 bits per heavy atom. The summed E-state index contributed by atoms with van der Waals surface area (Å²) in [4.78, 5) is 22.4. The first-order valence-electron chi connectivity index (χ1n) is 6.30. The van der Waals surface area contributed by atoms with Gasteiger partial charge in [-0.05, 0) is 17.7 Å². The molecule has 0 aromatic heterocycles. The Balaban J connectivity index is 1.84. The lowest BCUT2D eigenvalue weighted by Crippen LogP contribution is -2.22. The minimum atomic E-state index is -1.20. The van der Waals surface area contributed by atoms with Gasteiger partial charge < -0.3 is 15.2 Å². The highest BCUT2D eigenvalue weighted by atomic mass is 16.4. The fourth-order valence-electron chi connectivity index (χ4n) is 1.81. The summed E-state index contributed by atoms with van der Waals surface area (Å²) in [5.41, 5.74) is 1.60. The molecule has 0 aliphatic rings. The molecule has 2 aromatic carbocycles. The monoisotopic (exact) mass is 268 g/mol. The first-order chi connectivity index (χ1) is 9.66. The first kappa shape index (κ1) is 13.8. The van der Waals surface area contributed by atoms with Crippen molar-refractivity contribution in [3.8, 4) is 0 Å². The Hall–Kier alpha value is -2.62. The van der Waals surface area contributed by atoms with Crippen molar-refractivity contribution in [3.05, 3.63) is 65.7 Å². The highest BCUT2D eigenvalue weighted by Gasteiger charge is 2.04. The molecular formula is C16H14NO3-. The SMILES string of the molecule is O=C([O-])c1ccc(NCCC(=O)c2ccccc2)cc1. The van der Waals surface area contributed by atoms with Crippen LogP contribution in [0.4, 0.5) is 5.69 Å². The lowest BCUT2D eigenvalue weighted by Gasteiger charge is -2.07. The van der Waals surface area contributed by atoms with Gasteiger partial charge in [-0.1, -0.05) is 42.5 Å². The minimum absolute atomic E-state index is 0.0736. The van der Waals surface area contributed by atoms with E-state index in [4.69, 9.17) is 0 Å². The summed E-state index contributed by atoms with van der Waals surface area (Å²) >= 11 is 0. The van der Waals surface area contributed by atoms with Crippen LogP contribution in [0, 0.1) is 0 Å². The summed E-state index contributed by atoms with van der Waals surface area (Å²) in [5.74, 6) is -1.12. The Bertz CT molecular complexity index is 591. The Morgan fingerprint density at radius 3 is 2.15 bits per heavy atom. The van der Waals surface area contributed by atoms with E-state index in [2.05, 4.69) is 5.32 Å². The third-order valence-electron chi connectivity index (χ3n) is 2.90. The molecule has 1 N–H and O–H groups in total. The summed E-state index contributed by atoms with van der Waals surface area (Å²) in [6, 6.07) is 15.4. The summed E-state index contributed by atoms with van der Waals surface area (Å²) in [6.07, 6.45) is 0.381. The second-order valence-corrected chi connectivity index (χ2v) is 4.33. The minimum Gasteiger partial charge on any atom is -0.545 e. The Morgan fingerprint density at radius 1 is 0.900 bits per heavy atom. The van der Waals surface area contributed by atoms with E-state index in [0.29, 0.717) is 18.5 Å². The van der Waals surface area contributed by atoms with E-state index in [-0.39, 0.29) is 11.3 Å². The first-order valence-corrected chi connectivity index (χ1v) is 6.30. The largest absolute Gasteiger partial charge is 0.545 e. The predicted molar refractivity (Wildman–Crippen MR) is 74.7 cm³/mol. The van der Waals surface area contributed by atoms with Crippen molar-refractivity contribution in [2.45, 2.75) is 6.42 Å². The number of benzene rings is 2. The summed E-state index contributed by atoms with van der Waals surface area (Å²) in [5, 5.41) is 13.7. The maximum Gasteiger partial charge on any atom is 0.164 e. The molecule has 2 aromatic rings. The fourth-order valence-corrected chi connectivity index (χ4v) is 1.81. The van der Waals surface area contributed by atoms with Gasteiger partial charge >= 0.3 is 0 Å². The van der Waals surface area contributed by atoms with Crippen LogP contribution in [-0.4, -0.2) is 18.3 Å². The second kappa shape index (κ2) is 6.52. The van der Waals surface area contributed by atoms with Gasteiger partial charge in [-0.15, -0.1) is 0 Å². The van der Waals surface area contributed by atoms with Crippen LogP contribution in [0.2, 0.25) is 0 Å². The van der Waals surface area contributed by atoms with Crippen LogP contribution in [0.25, 0.3) is 0 Å². The zero-order valence-electron chi connectivity index (χ0n) is 10.8. The van der Waals surface area contributed by atoms with Crippen LogP contribution in [0.5, 0.6) is 0 Å². The smallest absolute Gasteiger partial charge is 0.164 e. The van der Waals surface area contributed by atoms with Gasteiger partial charge in [0.15, 0.2) is 5.78 Å². The molecule has 0 unspecified atom stereocenters. The predicted octanol–water partition coefficient (Wildman–Crippen LogP) is 1.73. The Labute approximate surface area is 117 Å². The lowest BCUT2D eigenvalue weighted by molar-refractivity contribution is -0.255. The summed E-state index contributed by atoms with van der Waals surface area (Å²) in [7, 11) is 0. The van der Waals surface area contributed by atoms with E-state index in [9.17, 15) is 14.7 Å². The molecule has 0 saturated carbocycles. The maximum atomic E-state index is 11.9. The van der Waals surface area contributed by atoms with Crippen molar-refractivity contribution in [3.63, 3.8) is 0 Å². The van der Waals surface area contributed by atoms with Gasteiger partial charge in [-0.2, -0.15) is 0 Å². The average Bonchev–Trinajstić information content (AvgIpc) is 2.48. The Kier molecular flexibility index (Phi) is 4.50. The number of carboxylic acids is 1. The highest BCUT2D eigenvalue weighted by Crippen LogP contribution is 2.09. The normalized spacial score (nSPS) is 10.0. The number of hydrogen-bond acceptors (Lipinski definition) is 4. The number of hydrogen-bond donors (Lipinski definition) is 1. The molecule has 0 spiro atoms. The van der Waals surface area contributed by atoms with Gasteiger partial charge in [0.25, 0.3) is 0 Å². The molecule has 2 rings (SSSR count). The number of carboxylic acid groups (broad SMARTS) is 1. The average molecular weight is 268 g/mol. The van der Waals surface area contributed by atoms with Gasteiger partial charge in [-0.25, -0.2) is 0 Å². The molecule has 0 radical (unpaired) electrons. The van der Waals surface area contributed by atoms with Crippen molar-refractivity contribution in [2.75, 3.05) is 11.9 Å². The highest BCUT2D eigenvalue weighted by molar-refractivity contribution is 5.96. The van der Waals surface area contributed by atoms with Crippen LogP contribution < -0.4 is 10.4 Å². The number of carbonyl (C=O) groups is 2. The zero-order valence-corrected chi connectivity index (χ0v) is 10.8. The lowest BCUT2D eigenvalue weighted by atomic mass is 10.1. The maximum absolute atomic E-state index is 11.9. The number of Topliss-reactive ketones (excluding diaryl/α,β-unsaturated/α-hetero) is 1. The summed E-state index contributed by atoms with van der Waals surface area (Å²) < 4.78 is 0. The molecule has 0 aliphatic carbocycles. The molecule has 4 nitrogen and oxygen atoms in total. The van der Waals surface area contributed by atoms with E-state index < -0.39 is 5.97 Å². The third kappa shape index (κ3) is 3.68. The van der Waals surface area contributed by atoms with E-state index in [0.717, 1.165) is 5.69 Å². The molecule has 102 valence electrons. The van der Waals surface area contributed by atoms with Crippen LogP contribution in [-0.2, 0) is 0 Å². The number of anilines is 1. The van der Waals surface area contributed by atoms with Crippen molar-refractivity contribution in [1.29, 1.82) is 0 Å². The standard InChI is InChI=1S/C16H15NO3/c18-15(12-4-2-1-3-5-12)10-11-17-14-8-6-13(7-9-14)16(19)20/h1-9,17H,10-11H2,(H,19,20)/p-1. The molecule has 0 aliphatic heterocycles. The van der Waals surface area contributed by atoms with E-state index in [1.807, 2.05) is 18.2 Å². The molecular weight excluding hydrogens is 254 g/mol. The number of ketones is 1. The van der Waals surface area contributed by atoms with Crippen LogP contribution in [0.3, 0.4) is 0 Å². The number of nitrogens with one attached hydrogen (secondary N) is 1. The third-order valence-corrected chi connectivity index (χ3v) is 2.90. The van der Waals surface area contributed by atoms with Gasteiger partial charge in [0.05, 0.1) is 5.97 Å². The van der Waals surface area contributed by atoms with E-state index in [1.54, 1.807) is 24.3 Å². The zero-order chi connectivity index (χ0) is 14.4. The molecule has 0 bridgehead atoms. The van der Waals surface area contributed by atoms with Crippen LogP contribution in [0.15, 0.2) is 54.6 Å². The van der Waals surface area contributed by atoms with Crippen LogP contribution >= 0.6 is 0 Å². The van der Waals surface area contributed by atoms with E-state index >= 15 is 0 Å². The number of carbonyl (C=O) groups excluding carboxylic acids is 2. The van der Waals surface area contributed by atoms with Crippen molar-refractivity contribution in [2.24, 2.45) is 0 Å². The van der Waals surface area contributed by atoms with E-state index in [1.165, 1.54) is 12.1 Å².